The Morgan fingerprint density at radius 1 is 1.58 bits per heavy atom. The molecule has 1 heteroatoms. The van der Waals surface area contributed by atoms with Gasteiger partial charge in [0.1, 0.15) is 6.29 Å². The first kappa shape index (κ1) is 9.50. The topological polar surface area (TPSA) is 17.1 Å². The summed E-state index contributed by atoms with van der Waals surface area (Å²) in [4.78, 5) is 10.4. The Balaban J connectivity index is 2.67. The second-order valence-corrected chi connectivity index (χ2v) is 4.08. The highest BCUT2D eigenvalue weighted by Gasteiger charge is 2.23. The first-order valence-electron chi connectivity index (χ1n) is 4.77. The smallest absolute Gasteiger partial charge is 0.120 e. The molecule has 0 fully saturated rings. The van der Waals surface area contributed by atoms with Crippen LogP contribution in [-0.2, 0) is 4.79 Å². The van der Waals surface area contributed by atoms with Crippen LogP contribution in [0, 0.1) is 17.8 Å². The largest absolute Gasteiger partial charge is 0.303 e. The van der Waals surface area contributed by atoms with Crippen molar-refractivity contribution < 1.29 is 4.79 Å². The number of hydrogen-bond donors (Lipinski definition) is 0. The molecule has 1 aliphatic carbocycles. The van der Waals surface area contributed by atoms with Gasteiger partial charge in [0.05, 0.1) is 0 Å². The minimum atomic E-state index is 0.522. The number of aldehydes is 1. The van der Waals surface area contributed by atoms with Crippen molar-refractivity contribution in [2.45, 2.75) is 33.6 Å². The predicted molar refractivity (Wildman–Crippen MR) is 50.9 cm³/mol. The molecule has 0 bridgehead atoms. The van der Waals surface area contributed by atoms with Gasteiger partial charge >= 0.3 is 0 Å². The second kappa shape index (κ2) is 3.88. The molecule has 0 radical (unpaired) electrons. The van der Waals surface area contributed by atoms with E-state index in [0.29, 0.717) is 18.3 Å². The zero-order chi connectivity index (χ0) is 9.14. The van der Waals surface area contributed by atoms with Crippen molar-refractivity contribution in [3.8, 4) is 0 Å². The van der Waals surface area contributed by atoms with Crippen LogP contribution in [0.3, 0.4) is 0 Å². The summed E-state index contributed by atoms with van der Waals surface area (Å²) in [5, 5.41) is 0. The average molecular weight is 166 g/mol. The average Bonchev–Trinajstić information content (AvgIpc) is 2.01. The Kier molecular flexibility index (Phi) is 3.07. The van der Waals surface area contributed by atoms with E-state index in [2.05, 4.69) is 26.8 Å². The van der Waals surface area contributed by atoms with Gasteiger partial charge in [-0.3, -0.25) is 0 Å². The van der Waals surface area contributed by atoms with Crippen LogP contribution in [0.15, 0.2) is 11.6 Å². The summed E-state index contributed by atoms with van der Waals surface area (Å²) < 4.78 is 0. The van der Waals surface area contributed by atoms with Crippen molar-refractivity contribution in [1.82, 2.24) is 0 Å². The SMILES string of the molecule is CC1=C[C@@H](C)[C@@H](C)C[C@H]1CC=O. The van der Waals surface area contributed by atoms with Crippen LogP contribution >= 0.6 is 0 Å². The first-order chi connectivity index (χ1) is 5.65. The molecule has 1 aliphatic rings. The summed E-state index contributed by atoms with van der Waals surface area (Å²) in [5.74, 6) is 1.94. The molecule has 0 saturated carbocycles. The zero-order valence-corrected chi connectivity index (χ0v) is 8.21. The van der Waals surface area contributed by atoms with Crippen molar-refractivity contribution in [3.05, 3.63) is 11.6 Å². The standard InChI is InChI=1S/C11H18O/c1-8-6-10(3)11(4-5-12)7-9(8)2/h5-6,8-9,11H,4,7H2,1-3H3/t8-,9+,11-/m1/s1. The van der Waals surface area contributed by atoms with Gasteiger partial charge in [-0.05, 0) is 31.1 Å². The van der Waals surface area contributed by atoms with Crippen LogP contribution < -0.4 is 0 Å². The highest BCUT2D eigenvalue weighted by atomic mass is 16.1. The number of carbonyl (C=O) groups is 1. The van der Waals surface area contributed by atoms with Gasteiger partial charge in [0.2, 0.25) is 0 Å². The van der Waals surface area contributed by atoms with Crippen LogP contribution in [0.25, 0.3) is 0 Å². The van der Waals surface area contributed by atoms with Crippen molar-refractivity contribution in [2.75, 3.05) is 0 Å². The van der Waals surface area contributed by atoms with E-state index in [1.165, 1.54) is 12.0 Å². The van der Waals surface area contributed by atoms with Gasteiger partial charge in [0.25, 0.3) is 0 Å². The quantitative estimate of drug-likeness (QED) is 0.455. The molecule has 0 aromatic carbocycles. The maximum Gasteiger partial charge on any atom is 0.120 e. The van der Waals surface area contributed by atoms with E-state index >= 15 is 0 Å². The molecule has 12 heavy (non-hydrogen) atoms. The van der Waals surface area contributed by atoms with E-state index in [4.69, 9.17) is 0 Å². The third kappa shape index (κ3) is 1.96. The molecule has 1 nitrogen and oxygen atoms in total. The Hall–Kier alpha value is -0.590. The fourth-order valence-corrected chi connectivity index (χ4v) is 1.96. The van der Waals surface area contributed by atoms with Gasteiger partial charge in [-0.15, -0.1) is 0 Å². The molecule has 0 saturated heterocycles. The highest BCUT2D eigenvalue weighted by Crippen LogP contribution is 2.33. The van der Waals surface area contributed by atoms with Gasteiger partial charge in [0, 0.05) is 6.42 Å². The summed E-state index contributed by atoms with van der Waals surface area (Å²) in [5.41, 5.74) is 1.41. The van der Waals surface area contributed by atoms with E-state index in [9.17, 15) is 4.79 Å². The lowest BCUT2D eigenvalue weighted by Gasteiger charge is -2.29. The molecule has 0 heterocycles. The van der Waals surface area contributed by atoms with Gasteiger partial charge in [0.15, 0.2) is 0 Å². The van der Waals surface area contributed by atoms with E-state index in [-0.39, 0.29) is 0 Å². The number of rotatable bonds is 2. The van der Waals surface area contributed by atoms with Crippen molar-refractivity contribution in [3.63, 3.8) is 0 Å². The van der Waals surface area contributed by atoms with Crippen molar-refractivity contribution in [2.24, 2.45) is 17.8 Å². The van der Waals surface area contributed by atoms with Gasteiger partial charge in [-0.2, -0.15) is 0 Å². The minimum absolute atomic E-state index is 0.522. The molecule has 0 unspecified atom stereocenters. The summed E-state index contributed by atoms with van der Waals surface area (Å²) >= 11 is 0. The molecule has 0 N–H and O–H groups in total. The molecule has 0 aromatic rings. The normalized spacial score (nSPS) is 35.9. The number of hydrogen-bond acceptors (Lipinski definition) is 1. The first-order valence-corrected chi connectivity index (χ1v) is 4.77. The fraction of sp³-hybridized carbons (Fsp3) is 0.727. The third-order valence-corrected chi connectivity index (χ3v) is 3.10. The molecule has 0 aliphatic heterocycles. The molecular weight excluding hydrogens is 148 g/mol. The molecule has 3 atom stereocenters. The lowest BCUT2D eigenvalue weighted by molar-refractivity contribution is -0.108. The van der Waals surface area contributed by atoms with Gasteiger partial charge < -0.3 is 4.79 Å². The Morgan fingerprint density at radius 3 is 2.83 bits per heavy atom. The molecule has 0 spiro atoms. The highest BCUT2D eigenvalue weighted by molar-refractivity contribution is 5.50. The predicted octanol–water partition coefficient (Wildman–Crippen LogP) is 2.81. The van der Waals surface area contributed by atoms with E-state index in [1.54, 1.807) is 0 Å². The van der Waals surface area contributed by atoms with E-state index < -0.39 is 0 Å². The minimum Gasteiger partial charge on any atom is -0.303 e. The molecule has 1 rings (SSSR count). The molecule has 0 aromatic heterocycles. The maximum atomic E-state index is 10.4. The Bertz CT molecular complexity index is 193. The lowest BCUT2D eigenvalue weighted by Crippen LogP contribution is -2.19. The Morgan fingerprint density at radius 2 is 2.25 bits per heavy atom. The number of carbonyl (C=O) groups excluding carboxylic acids is 1. The second-order valence-electron chi connectivity index (χ2n) is 4.08. The fourth-order valence-electron chi connectivity index (χ4n) is 1.96. The summed E-state index contributed by atoms with van der Waals surface area (Å²) in [6.45, 7) is 6.67. The van der Waals surface area contributed by atoms with E-state index in [0.717, 1.165) is 12.2 Å². The van der Waals surface area contributed by atoms with Crippen LogP contribution in [0.5, 0.6) is 0 Å². The monoisotopic (exact) mass is 166 g/mol. The molecule has 0 amide bonds. The summed E-state index contributed by atoms with van der Waals surface area (Å²) in [6.07, 6.45) is 5.26. The number of allylic oxidation sites excluding steroid dienone is 2. The summed E-state index contributed by atoms with van der Waals surface area (Å²) in [7, 11) is 0. The van der Waals surface area contributed by atoms with Crippen molar-refractivity contribution >= 4 is 6.29 Å². The van der Waals surface area contributed by atoms with Gasteiger partial charge in [-0.25, -0.2) is 0 Å². The zero-order valence-electron chi connectivity index (χ0n) is 8.21. The maximum absolute atomic E-state index is 10.4. The Labute approximate surface area is 74.9 Å². The molecular formula is C11H18O. The van der Waals surface area contributed by atoms with Crippen molar-refractivity contribution in [1.29, 1.82) is 0 Å². The van der Waals surface area contributed by atoms with Gasteiger partial charge in [-0.1, -0.05) is 25.5 Å². The van der Waals surface area contributed by atoms with Crippen LogP contribution in [0.4, 0.5) is 0 Å². The summed E-state index contributed by atoms with van der Waals surface area (Å²) in [6, 6.07) is 0. The van der Waals surface area contributed by atoms with Crippen LogP contribution in [-0.4, -0.2) is 6.29 Å². The van der Waals surface area contributed by atoms with Crippen LogP contribution in [0.2, 0.25) is 0 Å². The van der Waals surface area contributed by atoms with E-state index in [1.807, 2.05) is 0 Å². The van der Waals surface area contributed by atoms with Crippen LogP contribution in [0.1, 0.15) is 33.6 Å². The lowest BCUT2D eigenvalue weighted by atomic mass is 9.76. The molecule has 68 valence electrons. The third-order valence-electron chi connectivity index (χ3n) is 3.10.